The molecule has 0 aromatic heterocycles. The van der Waals surface area contributed by atoms with Crippen LogP contribution in [0.3, 0.4) is 0 Å². The lowest BCUT2D eigenvalue weighted by atomic mass is 10.1. The van der Waals surface area contributed by atoms with Gasteiger partial charge in [-0.1, -0.05) is 12.2 Å². The molecule has 1 aliphatic heterocycles. The van der Waals surface area contributed by atoms with Gasteiger partial charge in [-0.15, -0.1) is 0 Å². The predicted octanol–water partition coefficient (Wildman–Crippen LogP) is 0.659. The second kappa shape index (κ2) is 6.74. The summed E-state index contributed by atoms with van der Waals surface area (Å²) in [4.78, 5) is 11.5. The van der Waals surface area contributed by atoms with Gasteiger partial charge in [-0.3, -0.25) is 4.79 Å². The van der Waals surface area contributed by atoms with Crippen LogP contribution in [0.1, 0.15) is 19.8 Å². The van der Waals surface area contributed by atoms with E-state index in [2.05, 4.69) is 0 Å². The molecule has 5 nitrogen and oxygen atoms in total. The van der Waals surface area contributed by atoms with Crippen LogP contribution in [0.2, 0.25) is 0 Å². The fourth-order valence-corrected chi connectivity index (χ4v) is 1.79. The van der Waals surface area contributed by atoms with E-state index >= 15 is 0 Å². The van der Waals surface area contributed by atoms with Gasteiger partial charge in [0.25, 0.3) is 0 Å². The van der Waals surface area contributed by atoms with Crippen LogP contribution >= 0.6 is 0 Å². The summed E-state index contributed by atoms with van der Waals surface area (Å²) in [6, 6.07) is 0. The number of carbonyl (C=O) groups excluding carboxylic acids is 1. The zero-order chi connectivity index (χ0) is 12.8. The Labute approximate surface area is 101 Å². The quantitative estimate of drug-likeness (QED) is 0.571. The van der Waals surface area contributed by atoms with Gasteiger partial charge >= 0.3 is 5.97 Å². The van der Waals surface area contributed by atoms with E-state index in [1.165, 1.54) is 7.11 Å². The average molecular weight is 244 g/mol. The second-order valence-electron chi connectivity index (χ2n) is 4.17. The molecule has 5 heteroatoms. The van der Waals surface area contributed by atoms with Crippen molar-refractivity contribution in [2.24, 2.45) is 0 Å². The normalized spacial score (nSPS) is 37.3. The molecule has 0 aromatic carbocycles. The zero-order valence-electron chi connectivity index (χ0n) is 10.5. The molecule has 0 aliphatic carbocycles. The Morgan fingerprint density at radius 2 is 2.06 bits per heavy atom. The summed E-state index contributed by atoms with van der Waals surface area (Å²) in [5, 5.41) is 9.79. The SMILES string of the molecule is COC1/C=C\C(OC)C(O)CC(=O)OC(C)C1. The predicted molar refractivity (Wildman–Crippen MR) is 61.5 cm³/mol. The molecule has 4 unspecified atom stereocenters. The summed E-state index contributed by atoms with van der Waals surface area (Å²) in [7, 11) is 3.08. The molecule has 0 saturated heterocycles. The maximum absolute atomic E-state index is 11.5. The fourth-order valence-electron chi connectivity index (χ4n) is 1.79. The van der Waals surface area contributed by atoms with Crippen molar-refractivity contribution in [1.29, 1.82) is 0 Å². The van der Waals surface area contributed by atoms with Crippen LogP contribution in [-0.4, -0.2) is 49.7 Å². The van der Waals surface area contributed by atoms with Gasteiger partial charge in [0.15, 0.2) is 0 Å². The maximum atomic E-state index is 11.5. The lowest BCUT2D eigenvalue weighted by molar-refractivity contribution is -0.153. The highest BCUT2D eigenvalue weighted by Gasteiger charge is 2.24. The molecule has 0 spiro atoms. The van der Waals surface area contributed by atoms with E-state index in [1.54, 1.807) is 20.1 Å². The number of carbonyl (C=O) groups is 1. The highest BCUT2D eigenvalue weighted by atomic mass is 16.5. The van der Waals surface area contributed by atoms with E-state index in [1.807, 2.05) is 6.08 Å². The van der Waals surface area contributed by atoms with E-state index in [-0.39, 0.29) is 18.6 Å². The Balaban J connectivity index is 2.81. The number of ether oxygens (including phenoxy) is 3. The number of aliphatic hydroxyl groups is 1. The first-order chi connectivity index (χ1) is 8.06. The first kappa shape index (κ1) is 14.2. The maximum Gasteiger partial charge on any atom is 0.308 e. The van der Waals surface area contributed by atoms with E-state index in [9.17, 15) is 9.90 Å². The Kier molecular flexibility index (Phi) is 5.61. The van der Waals surface area contributed by atoms with Gasteiger partial charge in [-0.05, 0) is 6.92 Å². The van der Waals surface area contributed by atoms with E-state index in [4.69, 9.17) is 14.2 Å². The number of hydrogen-bond acceptors (Lipinski definition) is 5. The minimum atomic E-state index is -0.897. The summed E-state index contributed by atoms with van der Waals surface area (Å²) >= 11 is 0. The lowest BCUT2D eigenvalue weighted by Gasteiger charge is -2.23. The highest BCUT2D eigenvalue weighted by Crippen LogP contribution is 2.14. The van der Waals surface area contributed by atoms with Crippen molar-refractivity contribution in [2.45, 2.75) is 44.2 Å². The summed E-state index contributed by atoms with van der Waals surface area (Å²) < 4.78 is 15.5. The Bertz CT molecular complexity index is 276. The standard InChI is InChI=1S/C12H20O5/c1-8-6-9(15-2)4-5-11(16-3)10(13)7-12(14)17-8/h4-5,8-11,13H,6-7H2,1-3H3/b5-4-. The van der Waals surface area contributed by atoms with Crippen molar-refractivity contribution in [3.63, 3.8) is 0 Å². The second-order valence-corrected chi connectivity index (χ2v) is 4.17. The van der Waals surface area contributed by atoms with Gasteiger partial charge in [0.2, 0.25) is 0 Å². The number of esters is 1. The fraction of sp³-hybridized carbons (Fsp3) is 0.750. The number of hydrogen-bond donors (Lipinski definition) is 1. The van der Waals surface area contributed by atoms with E-state index < -0.39 is 18.2 Å². The Morgan fingerprint density at radius 1 is 1.35 bits per heavy atom. The third-order valence-corrected chi connectivity index (χ3v) is 2.74. The van der Waals surface area contributed by atoms with Gasteiger partial charge in [0.05, 0.1) is 18.6 Å². The summed E-state index contributed by atoms with van der Waals surface area (Å²) in [6.07, 6.45) is 2.28. The van der Waals surface area contributed by atoms with Gasteiger partial charge in [-0.2, -0.15) is 0 Å². The molecular weight excluding hydrogens is 224 g/mol. The molecule has 1 N–H and O–H groups in total. The number of rotatable bonds is 2. The van der Waals surface area contributed by atoms with Crippen LogP contribution in [0.15, 0.2) is 12.2 Å². The zero-order valence-corrected chi connectivity index (χ0v) is 10.5. The molecule has 1 heterocycles. The molecule has 0 fully saturated rings. The van der Waals surface area contributed by atoms with Crippen molar-refractivity contribution in [3.8, 4) is 0 Å². The highest BCUT2D eigenvalue weighted by molar-refractivity contribution is 5.70. The minimum absolute atomic E-state index is 0.0646. The Morgan fingerprint density at radius 3 is 2.65 bits per heavy atom. The number of aliphatic hydroxyl groups excluding tert-OH is 1. The van der Waals surface area contributed by atoms with Crippen LogP contribution in [0.4, 0.5) is 0 Å². The van der Waals surface area contributed by atoms with E-state index in [0.717, 1.165) is 0 Å². The Hall–Kier alpha value is -0.910. The first-order valence-corrected chi connectivity index (χ1v) is 5.68. The molecule has 0 amide bonds. The van der Waals surface area contributed by atoms with Crippen LogP contribution in [0.25, 0.3) is 0 Å². The van der Waals surface area contributed by atoms with Crippen molar-refractivity contribution in [2.75, 3.05) is 14.2 Å². The van der Waals surface area contributed by atoms with Crippen LogP contribution in [-0.2, 0) is 19.0 Å². The number of cyclic esters (lactones) is 1. The molecular formula is C12H20O5. The monoisotopic (exact) mass is 244 g/mol. The van der Waals surface area contributed by atoms with Crippen LogP contribution in [0, 0.1) is 0 Å². The smallest absolute Gasteiger partial charge is 0.308 e. The summed E-state index contributed by atoms with van der Waals surface area (Å²) in [6.45, 7) is 1.81. The third kappa shape index (κ3) is 4.46. The molecule has 17 heavy (non-hydrogen) atoms. The molecule has 98 valence electrons. The molecule has 0 aromatic rings. The molecule has 1 rings (SSSR count). The largest absolute Gasteiger partial charge is 0.462 e. The van der Waals surface area contributed by atoms with Crippen molar-refractivity contribution < 1.29 is 24.1 Å². The molecule has 1 aliphatic rings. The first-order valence-electron chi connectivity index (χ1n) is 5.68. The number of methoxy groups -OCH3 is 2. The summed E-state index contributed by atoms with van der Waals surface area (Å²) in [5.41, 5.74) is 0. The van der Waals surface area contributed by atoms with Crippen LogP contribution in [0.5, 0.6) is 0 Å². The van der Waals surface area contributed by atoms with Crippen molar-refractivity contribution in [1.82, 2.24) is 0 Å². The average Bonchev–Trinajstić information content (AvgIpc) is 2.26. The molecule has 0 bridgehead atoms. The minimum Gasteiger partial charge on any atom is -0.462 e. The van der Waals surface area contributed by atoms with Gasteiger partial charge in [0, 0.05) is 20.6 Å². The van der Waals surface area contributed by atoms with Gasteiger partial charge in [-0.25, -0.2) is 0 Å². The van der Waals surface area contributed by atoms with Crippen molar-refractivity contribution in [3.05, 3.63) is 12.2 Å². The van der Waals surface area contributed by atoms with Gasteiger partial charge in [0.1, 0.15) is 12.2 Å². The third-order valence-electron chi connectivity index (χ3n) is 2.74. The van der Waals surface area contributed by atoms with E-state index in [0.29, 0.717) is 6.42 Å². The molecule has 0 saturated carbocycles. The van der Waals surface area contributed by atoms with Crippen LogP contribution < -0.4 is 0 Å². The molecule has 4 atom stereocenters. The molecule has 0 radical (unpaired) electrons. The summed E-state index contributed by atoms with van der Waals surface area (Å²) in [5.74, 6) is -0.419. The van der Waals surface area contributed by atoms with Gasteiger partial charge < -0.3 is 19.3 Å². The lowest BCUT2D eigenvalue weighted by Crippen LogP contribution is -2.32. The topological polar surface area (TPSA) is 65.0 Å². The van der Waals surface area contributed by atoms with Crippen molar-refractivity contribution >= 4 is 5.97 Å².